The second-order valence-corrected chi connectivity index (χ2v) is 3.73. The highest BCUT2D eigenvalue weighted by atomic mass is 16.1. The summed E-state index contributed by atoms with van der Waals surface area (Å²) in [4.78, 5) is 14.7. The van der Waals surface area contributed by atoms with Gasteiger partial charge in [-0.25, -0.2) is 0 Å². The first-order valence-corrected chi connectivity index (χ1v) is 5.07. The zero-order chi connectivity index (χ0) is 9.10. The molecule has 2 rings (SSSR count). The normalized spacial score (nSPS) is 18.6. The number of aromatic amines is 1. The van der Waals surface area contributed by atoms with E-state index in [2.05, 4.69) is 4.98 Å². The molecule has 0 radical (unpaired) electrons. The zero-order valence-electron chi connectivity index (χ0n) is 7.81. The number of rotatable bonds is 0. The van der Waals surface area contributed by atoms with Crippen molar-refractivity contribution in [3.05, 3.63) is 23.5 Å². The number of nitrogens with one attached hydrogen (secondary N) is 1. The predicted molar refractivity (Wildman–Crippen MR) is 51.9 cm³/mol. The maximum atomic E-state index is 11.5. The van der Waals surface area contributed by atoms with E-state index in [9.17, 15) is 4.79 Å². The van der Waals surface area contributed by atoms with Gasteiger partial charge in [-0.05, 0) is 31.4 Å². The molecule has 1 aromatic rings. The average molecular weight is 177 g/mol. The molecule has 0 aliphatic carbocycles. The highest BCUT2D eigenvalue weighted by Gasteiger charge is 2.09. The van der Waals surface area contributed by atoms with E-state index in [1.54, 1.807) is 0 Å². The summed E-state index contributed by atoms with van der Waals surface area (Å²) < 4.78 is 0. The van der Waals surface area contributed by atoms with Crippen molar-refractivity contribution in [3.63, 3.8) is 0 Å². The maximum Gasteiger partial charge on any atom is 0.179 e. The van der Waals surface area contributed by atoms with E-state index in [-0.39, 0.29) is 5.78 Å². The first kappa shape index (κ1) is 8.54. The molecular weight excluding hydrogens is 162 g/mol. The lowest BCUT2D eigenvalue weighted by atomic mass is 10.1. The number of aryl methyl sites for hydroxylation is 1. The topological polar surface area (TPSA) is 32.9 Å². The van der Waals surface area contributed by atoms with Crippen LogP contribution in [-0.2, 0) is 6.42 Å². The van der Waals surface area contributed by atoms with E-state index < -0.39 is 0 Å². The quantitative estimate of drug-likeness (QED) is 0.649. The lowest BCUT2D eigenvalue weighted by molar-refractivity contribution is 0.0974. The van der Waals surface area contributed by atoms with Gasteiger partial charge in [0.05, 0.1) is 5.69 Å². The minimum absolute atomic E-state index is 0.271. The van der Waals surface area contributed by atoms with Crippen LogP contribution < -0.4 is 0 Å². The number of H-pyrrole nitrogens is 1. The van der Waals surface area contributed by atoms with Crippen molar-refractivity contribution in [2.75, 3.05) is 0 Å². The molecule has 1 aliphatic rings. The van der Waals surface area contributed by atoms with Crippen LogP contribution >= 0.6 is 0 Å². The molecule has 2 heteroatoms. The molecular formula is C11H15NO. The summed E-state index contributed by atoms with van der Waals surface area (Å²) in [7, 11) is 0. The highest BCUT2D eigenvalue weighted by molar-refractivity contribution is 5.94. The third-order valence-corrected chi connectivity index (χ3v) is 2.65. The summed E-state index contributed by atoms with van der Waals surface area (Å²) in [5, 5.41) is 0. The Bertz CT molecular complexity index is 301. The van der Waals surface area contributed by atoms with E-state index in [1.807, 2.05) is 12.1 Å². The van der Waals surface area contributed by atoms with Crippen LogP contribution in [0, 0.1) is 0 Å². The van der Waals surface area contributed by atoms with Gasteiger partial charge in [-0.2, -0.15) is 0 Å². The number of ketones is 1. The van der Waals surface area contributed by atoms with E-state index >= 15 is 0 Å². The van der Waals surface area contributed by atoms with Crippen molar-refractivity contribution >= 4 is 5.78 Å². The van der Waals surface area contributed by atoms with Crippen molar-refractivity contribution in [3.8, 4) is 0 Å². The van der Waals surface area contributed by atoms with Gasteiger partial charge in [0.2, 0.25) is 0 Å². The fraction of sp³-hybridized carbons (Fsp3) is 0.545. The van der Waals surface area contributed by atoms with E-state index in [1.165, 1.54) is 25.0 Å². The number of hydrogen-bond donors (Lipinski definition) is 1. The van der Waals surface area contributed by atoms with Gasteiger partial charge in [0.25, 0.3) is 0 Å². The summed E-state index contributed by atoms with van der Waals surface area (Å²) in [6.45, 7) is 0. The highest BCUT2D eigenvalue weighted by Crippen LogP contribution is 2.14. The Morgan fingerprint density at radius 2 is 1.77 bits per heavy atom. The van der Waals surface area contributed by atoms with Crippen LogP contribution in [0.3, 0.4) is 0 Å². The number of carbonyl (C=O) groups is 1. The van der Waals surface area contributed by atoms with Gasteiger partial charge in [0, 0.05) is 12.1 Å². The first-order chi connectivity index (χ1) is 6.36. The molecule has 0 spiro atoms. The van der Waals surface area contributed by atoms with Gasteiger partial charge in [-0.1, -0.05) is 12.8 Å². The molecule has 0 atom stereocenters. The maximum absolute atomic E-state index is 11.5. The lowest BCUT2D eigenvalue weighted by Crippen LogP contribution is -2.01. The Hall–Kier alpha value is -1.05. The van der Waals surface area contributed by atoms with Crippen LogP contribution in [0.25, 0.3) is 0 Å². The Balaban J connectivity index is 2.18. The molecule has 0 saturated heterocycles. The molecule has 0 aromatic carbocycles. The van der Waals surface area contributed by atoms with Crippen molar-refractivity contribution < 1.29 is 4.79 Å². The number of fused-ring (bicyclic) bond motifs is 2. The minimum atomic E-state index is 0.271. The third-order valence-electron chi connectivity index (χ3n) is 2.65. The molecule has 0 saturated carbocycles. The Morgan fingerprint density at radius 1 is 1.00 bits per heavy atom. The summed E-state index contributed by atoms with van der Waals surface area (Å²) in [5.41, 5.74) is 2.02. The standard InChI is InChI=1S/C11H15NO/c13-11-6-4-2-1-3-5-9-7-8-10(11)12-9/h7-8,12H,1-6H2. The summed E-state index contributed by atoms with van der Waals surface area (Å²) in [5.74, 6) is 0.271. The largest absolute Gasteiger partial charge is 0.356 e. The van der Waals surface area contributed by atoms with Gasteiger partial charge in [0.15, 0.2) is 5.78 Å². The van der Waals surface area contributed by atoms with Crippen LogP contribution in [0.4, 0.5) is 0 Å². The lowest BCUT2D eigenvalue weighted by Gasteiger charge is -2.03. The van der Waals surface area contributed by atoms with Crippen molar-refractivity contribution in [1.82, 2.24) is 4.98 Å². The van der Waals surface area contributed by atoms with Crippen molar-refractivity contribution in [1.29, 1.82) is 0 Å². The molecule has 0 fully saturated rings. The minimum Gasteiger partial charge on any atom is -0.356 e. The smallest absolute Gasteiger partial charge is 0.179 e. The predicted octanol–water partition coefficient (Wildman–Crippen LogP) is 2.70. The Labute approximate surface area is 78.4 Å². The van der Waals surface area contributed by atoms with Crippen LogP contribution in [0.15, 0.2) is 12.1 Å². The van der Waals surface area contributed by atoms with E-state index in [0.29, 0.717) is 6.42 Å². The Morgan fingerprint density at radius 3 is 2.62 bits per heavy atom. The molecule has 2 bridgehead atoms. The zero-order valence-corrected chi connectivity index (χ0v) is 7.81. The molecule has 13 heavy (non-hydrogen) atoms. The van der Waals surface area contributed by atoms with Crippen LogP contribution in [-0.4, -0.2) is 10.8 Å². The Kier molecular flexibility index (Phi) is 2.48. The number of hydrogen-bond acceptors (Lipinski definition) is 1. The monoisotopic (exact) mass is 177 g/mol. The van der Waals surface area contributed by atoms with Crippen molar-refractivity contribution in [2.45, 2.75) is 38.5 Å². The SMILES string of the molecule is O=C1CCCCCCc2ccc1[nH]2. The van der Waals surface area contributed by atoms with Gasteiger partial charge in [-0.15, -0.1) is 0 Å². The van der Waals surface area contributed by atoms with Crippen LogP contribution in [0.5, 0.6) is 0 Å². The number of Topliss-reactive ketones (excluding diaryl/α,β-unsaturated/α-hetero) is 1. The van der Waals surface area contributed by atoms with Crippen molar-refractivity contribution in [2.24, 2.45) is 0 Å². The van der Waals surface area contributed by atoms with Gasteiger partial charge < -0.3 is 4.98 Å². The van der Waals surface area contributed by atoms with Crippen LogP contribution in [0.1, 0.15) is 48.3 Å². The molecule has 2 heterocycles. The second-order valence-electron chi connectivity index (χ2n) is 3.73. The summed E-state index contributed by atoms with van der Waals surface area (Å²) in [6, 6.07) is 3.96. The van der Waals surface area contributed by atoms with Gasteiger partial charge in [-0.3, -0.25) is 4.79 Å². The molecule has 2 nitrogen and oxygen atoms in total. The van der Waals surface area contributed by atoms with E-state index in [4.69, 9.17) is 0 Å². The molecule has 1 N–H and O–H groups in total. The summed E-state index contributed by atoms with van der Waals surface area (Å²) in [6.07, 6.45) is 6.54. The van der Waals surface area contributed by atoms with Gasteiger partial charge >= 0.3 is 0 Å². The number of aromatic nitrogens is 1. The average Bonchev–Trinajstić information content (AvgIpc) is 2.58. The van der Waals surface area contributed by atoms with Gasteiger partial charge in [0.1, 0.15) is 0 Å². The van der Waals surface area contributed by atoms with Crippen LogP contribution in [0.2, 0.25) is 0 Å². The molecule has 1 aromatic heterocycles. The molecule has 1 aliphatic heterocycles. The van der Waals surface area contributed by atoms with E-state index in [0.717, 1.165) is 18.5 Å². The summed E-state index contributed by atoms with van der Waals surface area (Å²) >= 11 is 0. The molecule has 0 unspecified atom stereocenters. The second kappa shape index (κ2) is 3.77. The first-order valence-electron chi connectivity index (χ1n) is 5.07. The third kappa shape index (κ3) is 2.00. The fourth-order valence-electron chi connectivity index (χ4n) is 1.84. The molecule has 0 amide bonds. The number of carbonyl (C=O) groups excluding carboxylic acids is 1. The fourth-order valence-corrected chi connectivity index (χ4v) is 1.84. The molecule has 70 valence electrons.